The Kier molecular flexibility index (Phi) is 5.99. The Hall–Kier alpha value is -1.89. The van der Waals surface area contributed by atoms with Gasteiger partial charge in [-0.1, -0.05) is 0 Å². The molecule has 7 heteroatoms. The van der Waals surface area contributed by atoms with E-state index in [1.807, 2.05) is 6.92 Å². The lowest BCUT2D eigenvalue weighted by molar-refractivity contribution is -0.132. The summed E-state index contributed by atoms with van der Waals surface area (Å²) in [6.45, 7) is 2.54. The predicted molar refractivity (Wildman–Crippen MR) is 82.8 cm³/mol. The van der Waals surface area contributed by atoms with Gasteiger partial charge < -0.3 is 10.6 Å². The van der Waals surface area contributed by atoms with Crippen LogP contribution in [0.4, 0.5) is 13.2 Å². The zero-order valence-corrected chi connectivity index (χ0v) is 13.5. The number of likely N-dealkylation sites (tertiary alicyclic amines) is 1. The average molecular weight is 342 g/mol. The average Bonchev–Trinajstić information content (AvgIpc) is 2.51. The van der Waals surface area contributed by atoms with Gasteiger partial charge in [0.2, 0.25) is 5.91 Å². The quantitative estimate of drug-likeness (QED) is 0.837. The molecule has 1 saturated heterocycles. The number of nitrogens with two attached hydrogens (primary N) is 1. The lowest BCUT2D eigenvalue weighted by atomic mass is 9.88. The van der Waals surface area contributed by atoms with E-state index in [0.717, 1.165) is 0 Å². The Bertz CT molecular complexity index is 603. The summed E-state index contributed by atoms with van der Waals surface area (Å²) in [7, 11) is 0. The van der Waals surface area contributed by atoms with E-state index in [9.17, 15) is 22.8 Å². The van der Waals surface area contributed by atoms with Crippen molar-refractivity contribution in [1.82, 2.24) is 4.90 Å². The van der Waals surface area contributed by atoms with Gasteiger partial charge in [-0.2, -0.15) is 0 Å². The maximum absolute atomic E-state index is 13.7. The zero-order valence-electron chi connectivity index (χ0n) is 13.5. The molecule has 1 aromatic carbocycles. The maximum Gasteiger partial charge on any atom is 0.222 e. The molecule has 1 aliphatic rings. The van der Waals surface area contributed by atoms with Gasteiger partial charge in [0.05, 0.1) is 5.56 Å². The lowest BCUT2D eigenvalue weighted by Gasteiger charge is -2.31. The molecular formula is C17H21F3N2O2. The van der Waals surface area contributed by atoms with E-state index < -0.39 is 34.7 Å². The third kappa shape index (κ3) is 4.35. The molecule has 0 bridgehead atoms. The number of carbonyl (C=O) groups is 2. The molecule has 1 atom stereocenters. The van der Waals surface area contributed by atoms with Gasteiger partial charge in [0, 0.05) is 43.6 Å². The summed E-state index contributed by atoms with van der Waals surface area (Å²) in [5.74, 6) is -4.71. The number of nitrogens with zero attached hydrogens (tertiary/aromatic N) is 1. The second-order valence-electron chi connectivity index (χ2n) is 6.28. The molecule has 2 N–H and O–H groups in total. The number of piperidine rings is 1. The van der Waals surface area contributed by atoms with Gasteiger partial charge >= 0.3 is 0 Å². The third-order valence-electron chi connectivity index (χ3n) is 4.29. The van der Waals surface area contributed by atoms with Crippen molar-refractivity contribution < 1.29 is 22.8 Å². The number of hydrogen-bond donors (Lipinski definition) is 1. The number of benzene rings is 1. The molecule has 0 aliphatic carbocycles. The molecule has 2 rings (SSSR count). The summed E-state index contributed by atoms with van der Waals surface area (Å²) < 4.78 is 40.4. The van der Waals surface area contributed by atoms with Gasteiger partial charge in [-0.3, -0.25) is 9.59 Å². The van der Waals surface area contributed by atoms with Crippen LogP contribution in [-0.4, -0.2) is 35.7 Å². The van der Waals surface area contributed by atoms with Gasteiger partial charge in [-0.15, -0.1) is 0 Å². The number of amides is 1. The van der Waals surface area contributed by atoms with Gasteiger partial charge in [-0.25, -0.2) is 13.2 Å². The first kappa shape index (κ1) is 18.4. The fourth-order valence-corrected chi connectivity index (χ4v) is 2.88. The molecule has 0 spiro atoms. The number of ketones is 1. The molecule has 1 heterocycles. The van der Waals surface area contributed by atoms with Crippen molar-refractivity contribution in [2.24, 2.45) is 11.7 Å². The molecular weight excluding hydrogens is 321 g/mol. The molecule has 1 unspecified atom stereocenters. The van der Waals surface area contributed by atoms with Crippen molar-refractivity contribution >= 4 is 11.7 Å². The minimum absolute atomic E-state index is 0.0302. The standard InChI is InChI=1S/C17H21F3N2O2/c1-10(21)2-3-15(23)22-6-4-11(5-7-22)17(24)16-13(19)8-12(18)9-14(16)20/h8-11H,2-7,21H2,1H3. The van der Waals surface area contributed by atoms with E-state index in [1.165, 1.54) is 0 Å². The number of carbonyl (C=O) groups excluding carboxylic acids is 2. The molecule has 0 aromatic heterocycles. The smallest absolute Gasteiger partial charge is 0.222 e. The van der Waals surface area contributed by atoms with Crippen molar-refractivity contribution in [2.75, 3.05) is 13.1 Å². The second kappa shape index (κ2) is 7.79. The maximum atomic E-state index is 13.7. The van der Waals surface area contributed by atoms with Crippen molar-refractivity contribution in [2.45, 2.75) is 38.6 Å². The molecule has 1 fully saturated rings. The topological polar surface area (TPSA) is 63.4 Å². The lowest BCUT2D eigenvalue weighted by Crippen LogP contribution is -2.40. The summed E-state index contributed by atoms with van der Waals surface area (Å²) >= 11 is 0. The fourth-order valence-electron chi connectivity index (χ4n) is 2.88. The molecule has 1 aliphatic heterocycles. The number of rotatable bonds is 5. The van der Waals surface area contributed by atoms with Crippen LogP contribution in [0.2, 0.25) is 0 Å². The normalized spacial score (nSPS) is 17.0. The van der Waals surface area contributed by atoms with Crippen LogP contribution in [-0.2, 0) is 4.79 Å². The molecule has 1 aromatic rings. The highest BCUT2D eigenvalue weighted by atomic mass is 19.1. The highest BCUT2D eigenvalue weighted by molar-refractivity contribution is 5.98. The van der Waals surface area contributed by atoms with Crippen LogP contribution in [0, 0.1) is 23.4 Å². The monoisotopic (exact) mass is 342 g/mol. The molecule has 4 nitrogen and oxygen atoms in total. The van der Waals surface area contributed by atoms with E-state index in [2.05, 4.69) is 0 Å². The van der Waals surface area contributed by atoms with Gasteiger partial charge in [0.15, 0.2) is 5.78 Å². The van der Waals surface area contributed by atoms with Crippen LogP contribution in [0.5, 0.6) is 0 Å². The van der Waals surface area contributed by atoms with E-state index >= 15 is 0 Å². The van der Waals surface area contributed by atoms with Crippen molar-refractivity contribution in [3.05, 3.63) is 35.1 Å². The van der Waals surface area contributed by atoms with Gasteiger partial charge in [0.25, 0.3) is 0 Å². The summed E-state index contributed by atoms with van der Waals surface area (Å²) in [6.07, 6.45) is 1.60. The molecule has 132 valence electrons. The molecule has 24 heavy (non-hydrogen) atoms. The Balaban J connectivity index is 1.97. The Labute approximate surface area is 138 Å². The first-order chi connectivity index (χ1) is 11.3. The fraction of sp³-hybridized carbons (Fsp3) is 0.529. The molecule has 0 radical (unpaired) electrons. The first-order valence-electron chi connectivity index (χ1n) is 8.01. The summed E-state index contributed by atoms with van der Waals surface area (Å²) in [5.41, 5.74) is 4.93. The SMILES string of the molecule is CC(N)CCC(=O)N1CCC(C(=O)c2c(F)cc(F)cc2F)CC1. The van der Waals surface area contributed by atoms with Gasteiger partial charge in [-0.05, 0) is 26.2 Å². The van der Waals surface area contributed by atoms with Crippen LogP contribution >= 0.6 is 0 Å². The summed E-state index contributed by atoms with van der Waals surface area (Å²) in [5, 5.41) is 0. The second-order valence-corrected chi connectivity index (χ2v) is 6.28. The minimum Gasteiger partial charge on any atom is -0.343 e. The first-order valence-corrected chi connectivity index (χ1v) is 8.01. The van der Waals surface area contributed by atoms with Crippen LogP contribution in [0.3, 0.4) is 0 Å². The van der Waals surface area contributed by atoms with E-state index in [4.69, 9.17) is 5.73 Å². The predicted octanol–water partition coefficient (Wildman–Crippen LogP) is 2.65. The Morgan fingerprint density at radius 1 is 1.21 bits per heavy atom. The summed E-state index contributed by atoms with van der Waals surface area (Å²) in [4.78, 5) is 26.0. The van der Waals surface area contributed by atoms with Crippen molar-refractivity contribution in [3.8, 4) is 0 Å². The Morgan fingerprint density at radius 3 is 2.25 bits per heavy atom. The van der Waals surface area contributed by atoms with E-state index in [1.54, 1.807) is 4.90 Å². The van der Waals surface area contributed by atoms with Crippen LogP contribution in [0.25, 0.3) is 0 Å². The van der Waals surface area contributed by atoms with Gasteiger partial charge in [0.1, 0.15) is 17.5 Å². The van der Waals surface area contributed by atoms with E-state index in [0.29, 0.717) is 50.9 Å². The highest BCUT2D eigenvalue weighted by Crippen LogP contribution is 2.25. The zero-order chi connectivity index (χ0) is 17.9. The molecule has 1 amide bonds. The number of halogens is 3. The summed E-state index contributed by atoms with van der Waals surface area (Å²) in [6, 6.07) is 0.948. The van der Waals surface area contributed by atoms with Crippen LogP contribution in [0.15, 0.2) is 12.1 Å². The van der Waals surface area contributed by atoms with E-state index in [-0.39, 0.29) is 11.9 Å². The van der Waals surface area contributed by atoms with Crippen molar-refractivity contribution in [1.29, 1.82) is 0 Å². The highest BCUT2D eigenvalue weighted by Gasteiger charge is 2.31. The molecule has 0 saturated carbocycles. The number of hydrogen-bond acceptors (Lipinski definition) is 3. The minimum atomic E-state index is -1.19. The third-order valence-corrected chi connectivity index (χ3v) is 4.29. The van der Waals surface area contributed by atoms with Crippen molar-refractivity contribution in [3.63, 3.8) is 0 Å². The van der Waals surface area contributed by atoms with Crippen LogP contribution < -0.4 is 5.73 Å². The number of Topliss-reactive ketones (excluding diaryl/α,β-unsaturated/α-hetero) is 1. The Morgan fingerprint density at radius 2 is 1.75 bits per heavy atom. The van der Waals surface area contributed by atoms with Crippen LogP contribution in [0.1, 0.15) is 43.0 Å². The largest absolute Gasteiger partial charge is 0.343 e.